The summed E-state index contributed by atoms with van der Waals surface area (Å²) in [6.45, 7) is 28.2. The first-order valence-electron chi connectivity index (χ1n) is 28.2. The Morgan fingerprint density at radius 1 is 0.260 bits per heavy atom. The molecule has 3 aliphatic carbocycles. The van der Waals surface area contributed by atoms with E-state index in [0.717, 1.165) is 51.4 Å². The Kier molecular flexibility index (Phi) is 12.1. The van der Waals surface area contributed by atoms with Crippen molar-refractivity contribution in [3.8, 4) is 77.9 Å². The van der Waals surface area contributed by atoms with Gasteiger partial charge in [0, 0.05) is 16.2 Å². The zero-order valence-electron chi connectivity index (χ0n) is 46.2. The van der Waals surface area contributed by atoms with Gasteiger partial charge in [-0.25, -0.2) is 0 Å². The molecule has 3 aliphatic rings. The number of fused-ring (bicyclic) bond motifs is 9. The van der Waals surface area contributed by atoms with Crippen LogP contribution in [0.25, 0.3) is 77.9 Å². The average Bonchev–Trinajstić information content (AvgIpc) is 3.95. The number of rotatable bonds is 12. The van der Waals surface area contributed by atoms with E-state index in [1.807, 2.05) is 0 Å². The van der Waals surface area contributed by atoms with Crippen molar-refractivity contribution in [1.82, 2.24) is 0 Å². The Bertz CT molecular complexity index is 3170. The van der Waals surface area contributed by atoms with Crippen LogP contribution in [-0.4, -0.2) is 0 Å². The maximum Gasteiger partial charge on any atom is 0.0215 e. The monoisotopic (exact) mass is 955 g/mol. The Hall–Kier alpha value is -6.24. The average molecular weight is 955 g/mol. The summed E-state index contributed by atoms with van der Waals surface area (Å²) >= 11 is 0. The Morgan fingerprint density at radius 3 is 0.671 bits per heavy atom. The Balaban J connectivity index is 0.948. The van der Waals surface area contributed by atoms with Gasteiger partial charge in [-0.05, 0) is 208 Å². The summed E-state index contributed by atoms with van der Waals surface area (Å²) < 4.78 is 0. The van der Waals surface area contributed by atoms with Gasteiger partial charge in [0.25, 0.3) is 0 Å². The fourth-order valence-electron chi connectivity index (χ4n) is 14.4. The number of benzene rings is 8. The fraction of sp³-hybridized carbons (Fsp3) is 0.342. The van der Waals surface area contributed by atoms with Crippen molar-refractivity contribution in [2.24, 2.45) is 0 Å². The standard InChI is InChI=1S/C73H78/c1-13-39-73(40-14-2)67-45-53(51-25-35-59-57-33-23-49(47-19-29-55(30-20-47)69(7,8)9)41-63(57)71(15-3,16-4)65(59)43-51)27-37-61(67)62-38-28-54(46-68(62)73)52-26-36-60-58-34-24-50(48-21-31-56(32-22-48)70(10,11)12)42-64(58)72(17-5,18-6)66(60)44-52/h19-38,41-46H,13-18,39-40H2,1-12H3. The summed E-state index contributed by atoms with van der Waals surface area (Å²) in [5.41, 5.74) is 30.9. The van der Waals surface area contributed by atoms with Crippen LogP contribution in [0.15, 0.2) is 158 Å². The molecule has 0 unspecified atom stereocenters. The lowest BCUT2D eigenvalue weighted by Gasteiger charge is -2.33. The first kappa shape index (κ1) is 49.0. The highest BCUT2D eigenvalue weighted by Gasteiger charge is 2.45. The van der Waals surface area contributed by atoms with Gasteiger partial charge in [0.05, 0.1) is 0 Å². The second-order valence-electron chi connectivity index (χ2n) is 24.4. The van der Waals surface area contributed by atoms with E-state index >= 15 is 0 Å². The van der Waals surface area contributed by atoms with Crippen LogP contribution >= 0.6 is 0 Å². The van der Waals surface area contributed by atoms with Crippen LogP contribution in [0.2, 0.25) is 0 Å². The largest absolute Gasteiger partial charge is 0.0653 e. The highest BCUT2D eigenvalue weighted by molar-refractivity contribution is 5.91. The van der Waals surface area contributed by atoms with Gasteiger partial charge in [-0.15, -0.1) is 0 Å². The topological polar surface area (TPSA) is 0 Å². The number of hydrogen-bond donors (Lipinski definition) is 0. The summed E-state index contributed by atoms with van der Waals surface area (Å²) in [5.74, 6) is 0. The van der Waals surface area contributed by atoms with E-state index in [2.05, 4.69) is 241 Å². The molecular formula is C73H78. The summed E-state index contributed by atoms with van der Waals surface area (Å²) in [4.78, 5) is 0. The van der Waals surface area contributed by atoms with Crippen molar-refractivity contribution in [3.63, 3.8) is 0 Å². The van der Waals surface area contributed by atoms with E-state index in [0.29, 0.717) is 0 Å². The molecule has 8 aromatic rings. The molecule has 0 saturated carbocycles. The normalized spacial score (nSPS) is 15.3. The first-order chi connectivity index (χ1) is 35.1. The van der Waals surface area contributed by atoms with Gasteiger partial charge in [-0.2, -0.15) is 0 Å². The molecule has 0 fully saturated rings. The smallest absolute Gasteiger partial charge is 0.0215 e. The molecule has 0 heteroatoms. The quantitative estimate of drug-likeness (QED) is 0.114. The van der Waals surface area contributed by atoms with E-state index in [-0.39, 0.29) is 27.1 Å². The van der Waals surface area contributed by atoms with E-state index in [9.17, 15) is 0 Å². The highest BCUT2D eigenvalue weighted by atomic mass is 14.5. The van der Waals surface area contributed by atoms with Gasteiger partial charge in [-0.1, -0.05) is 217 Å². The van der Waals surface area contributed by atoms with E-state index in [1.165, 1.54) is 122 Å². The second-order valence-corrected chi connectivity index (χ2v) is 24.4. The van der Waals surface area contributed by atoms with E-state index in [4.69, 9.17) is 0 Å². The molecule has 0 radical (unpaired) electrons. The minimum absolute atomic E-state index is 0.0320. The lowest BCUT2D eigenvalue weighted by molar-refractivity contribution is 0.436. The van der Waals surface area contributed by atoms with E-state index < -0.39 is 0 Å². The molecule has 0 N–H and O–H groups in total. The van der Waals surface area contributed by atoms with E-state index in [1.54, 1.807) is 0 Å². The Morgan fingerprint density at radius 2 is 0.466 bits per heavy atom. The molecule has 0 heterocycles. The summed E-state index contributed by atoms with van der Waals surface area (Å²) in [6.07, 6.45) is 8.83. The molecule has 8 aromatic carbocycles. The molecule has 0 atom stereocenters. The molecule has 0 aromatic heterocycles. The van der Waals surface area contributed by atoms with Crippen LogP contribution in [-0.2, 0) is 27.1 Å². The van der Waals surface area contributed by atoms with Crippen LogP contribution in [0, 0.1) is 0 Å². The van der Waals surface area contributed by atoms with Gasteiger partial charge in [-0.3, -0.25) is 0 Å². The van der Waals surface area contributed by atoms with Gasteiger partial charge in [0.2, 0.25) is 0 Å². The Labute approximate surface area is 439 Å². The van der Waals surface area contributed by atoms with Crippen LogP contribution in [0.4, 0.5) is 0 Å². The molecule has 73 heavy (non-hydrogen) atoms. The summed E-state index contributed by atoms with van der Waals surface area (Å²) in [7, 11) is 0. The minimum atomic E-state index is -0.0454. The SMILES string of the molecule is CCCC1(CCC)c2cc(-c3ccc4c(c3)C(CC)(CC)c3cc(-c5ccc(C(C)(C)C)cc5)ccc3-4)ccc2-c2ccc(-c3ccc4c(c3)C(CC)(CC)c3cc(-c5ccc(C(C)(C)C)cc5)ccc3-4)cc21. The van der Waals surface area contributed by atoms with Gasteiger partial charge >= 0.3 is 0 Å². The van der Waals surface area contributed by atoms with Crippen molar-refractivity contribution in [3.05, 3.63) is 202 Å². The molecular weight excluding hydrogens is 877 g/mol. The minimum Gasteiger partial charge on any atom is -0.0653 e. The molecule has 0 nitrogen and oxygen atoms in total. The third-order valence-electron chi connectivity index (χ3n) is 18.7. The highest BCUT2D eigenvalue weighted by Crippen LogP contribution is 2.59. The van der Waals surface area contributed by atoms with Gasteiger partial charge in [0.15, 0.2) is 0 Å². The van der Waals surface area contributed by atoms with Crippen molar-refractivity contribution in [2.45, 2.75) is 162 Å². The molecule has 0 saturated heterocycles. The zero-order chi connectivity index (χ0) is 51.2. The molecule has 370 valence electrons. The fourth-order valence-corrected chi connectivity index (χ4v) is 14.4. The second kappa shape index (κ2) is 18.0. The predicted molar refractivity (Wildman–Crippen MR) is 315 cm³/mol. The maximum absolute atomic E-state index is 2.61. The van der Waals surface area contributed by atoms with Crippen molar-refractivity contribution >= 4 is 0 Å². The summed E-state index contributed by atoms with van der Waals surface area (Å²) in [5, 5.41) is 0. The zero-order valence-corrected chi connectivity index (χ0v) is 46.2. The molecule has 0 spiro atoms. The molecule has 11 rings (SSSR count). The lowest BCUT2D eigenvalue weighted by Crippen LogP contribution is -2.25. The third-order valence-corrected chi connectivity index (χ3v) is 18.7. The molecule has 0 amide bonds. The van der Waals surface area contributed by atoms with Crippen LogP contribution in [0.5, 0.6) is 0 Å². The van der Waals surface area contributed by atoms with Gasteiger partial charge in [0.1, 0.15) is 0 Å². The van der Waals surface area contributed by atoms with Crippen molar-refractivity contribution in [2.75, 3.05) is 0 Å². The van der Waals surface area contributed by atoms with Crippen LogP contribution in [0.1, 0.15) is 179 Å². The van der Waals surface area contributed by atoms with Crippen molar-refractivity contribution < 1.29 is 0 Å². The molecule has 0 aliphatic heterocycles. The van der Waals surface area contributed by atoms with Crippen LogP contribution < -0.4 is 0 Å². The number of hydrogen-bond acceptors (Lipinski definition) is 0. The summed E-state index contributed by atoms with van der Waals surface area (Å²) in [6, 6.07) is 63.0. The third kappa shape index (κ3) is 7.58. The first-order valence-corrected chi connectivity index (χ1v) is 28.2. The predicted octanol–water partition coefficient (Wildman–Crippen LogP) is 21.0. The van der Waals surface area contributed by atoms with Crippen molar-refractivity contribution in [1.29, 1.82) is 0 Å². The lowest BCUT2D eigenvalue weighted by atomic mass is 9.70. The maximum atomic E-state index is 2.61. The molecule has 0 bridgehead atoms. The van der Waals surface area contributed by atoms with Crippen LogP contribution in [0.3, 0.4) is 0 Å². The van der Waals surface area contributed by atoms with Gasteiger partial charge < -0.3 is 0 Å².